The minimum atomic E-state index is -1.07. The Labute approximate surface area is 391 Å². The number of halogens is 4. The molecule has 2 saturated heterocycles. The fraction of sp³-hybridized carbons (Fsp3) is 0.208. The number of carbonyl (C=O) groups is 5. The average molecular weight is 951 g/mol. The lowest BCUT2D eigenvalue weighted by Gasteiger charge is -2.40. The Hall–Kier alpha value is -7.50. The molecule has 0 radical (unpaired) electrons. The van der Waals surface area contributed by atoms with Crippen LogP contribution in [0.3, 0.4) is 0 Å². The molecule has 2 amide bonds. The molecule has 0 atom stereocenters. The minimum Gasteiger partial charge on any atom is -0.487 e. The van der Waals surface area contributed by atoms with Gasteiger partial charge in [0.1, 0.15) is 35.1 Å². The summed E-state index contributed by atoms with van der Waals surface area (Å²) in [5.41, 5.74) is 1.92. The van der Waals surface area contributed by atoms with Crippen molar-refractivity contribution in [2.24, 2.45) is 5.92 Å². The predicted molar refractivity (Wildman–Crippen MR) is 242 cm³/mol. The van der Waals surface area contributed by atoms with Crippen LogP contribution >= 0.6 is 23.2 Å². The fourth-order valence-corrected chi connectivity index (χ4v) is 7.88. The van der Waals surface area contributed by atoms with Crippen molar-refractivity contribution in [1.82, 2.24) is 25.6 Å². The van der Waals surface area contributed by atoms with Crippen LogP contribution in [0.15, 0.2) is 116 Å². The molecule has 0 bridgehead atoms. The van der Waals surface area contributed by atoms with Gasteiger partial charge in [-0.15, -0.1) is 0 Å². The molecule has 0 unspecified atom stereocenters. The molecule has 1 aliphatic carbocycles. The number of carboxylic acid groups (broad SMARTS) is 2. The Morgan fingerprint density at radius 1 is 0.672 bits per heavy atom. The molecule has 1 saturated carbocycles. The standard InChI is InChI=1S/C26H21ClFN3O4.C22H18ClFN4O4/c27-19-11-21(24(33)30-26(8-9-26)18-6-4-15(5-7-18)25(34)35)23(29-12-19)31-13-17(14-31)22(32)16-2-1-3-20(28)10-16;23-14-6-19(21(29)27-10-16-5-4-13(8-25-16)22(30)31)20(26-9-14)28-11-18(12-28)32-17-3-1-2-15(24)7-17/h1-7,10-12,17H,8-9,13-14H2,(H,30,33)(H,34,35);1-9,18H,10-12H2,(H,27,29)(H,30,31). The molecule has 19 heteroatoms. The maximum atomic E-state index is 13.5. The van der Waals surface area contributed by atoms with Gasteiger partial charge in [0, 0.05) is 43.3 Å². The molecule has 3 aliphatic rings. The number of aromatic nitrogens is 3. The van der Waals surface area contributed by atoms with Gasteiger partial charge in [0.2, 0.25) is 0 Å². The minimum absolute atomic E-state index is 0.0641. The van der Waals surface area contributed by atoms with Crippen molar-refractivity contribution in [3.05, 3.63) is 176 Å². The number of carbonyl (C=O) groups excluding carboxylic acids is 3. The van der Waals surface area contributed by atoms with Crippen LogP contribution < -0.4 is 25.2 Å². The number of hydrogen-bond acceptors (Lipinski definition) is 11. The summed E-state index contributed by atoms with van der Waals surface area (Å²) in [4.78, 5) is 77.2. The molecule has 15 nitrogen and oxygen atoms in total. The number of nitrogens with one attached hydrogen (secondary N) is 2. The van der Waals surface area contributed by atoms with Gasteiger partial charge in [0.25, 0.3) is 11.8 Å². The number of carboxylic acids is 2. The van der Waals surface area contributed by atoms with Crippen molar-refractivity contribution < 1.29 is 47.7 Å². The number of rotatable bonds is 14. The van der Waals surface area contributed by atoms with E-state index in [0.29, 0.717) is 76.0 Å². The van der Waals surface area contributed by atoms with Gasteiger partial charge in [-0.25, -0.2) is 28.3 Å². The monoisotopic (exact) mass is 949 g/mol. The maximum Gasteiger partial charge on any atom is 0.337 e. The first-order valence-electron chi connectivity index (χ1n) is 20.8. The van der Waals surface area contributed by atoms with E-state index in [2.05, 4.69) is 25.6 Å². The molecule has 4 N–H and O–H groups in total. The van der Waals surface area contributed by atoms with Crippen LogP contribution in [0.4, 0.5) is 20.4 Å². The summed E-state index contributed by atoms with van der Waals surface area (Å²) in [5, 5.41) is 24.5. The van der Waals surface area contributed by atoms with Gasteiger partial charge in [0.05, 0.1) is 69.1 Å². The maximum absolute atomic E-state index is 13.5. The topological polar surface area (TPSA) is 204 Å². The fourth-order valence-electron chi connectivity index (χ4n) is 7.56. The van der Waals surface area contributed by atoms with E-state index in [9.17, 15) is 32.8 Å². The lowest BCUT2D eigenvalue weighted by Crippen LogP contribution is -2.54. The molecule has 3 aromatic carbocycles. The summed E-state index contributed by atoms with van der Waals surface area (Å²) in [6.45, 7) is 1.77. The molecule has 6 aromatic rings. The Morgan fingerprint density at radius 3 is 1.82 bits per heavy atom. The highest BCUT2D eigenvalue weighted by molar-refractivity contribution is 6.31. The van der Waals surface area contributed by atoms with Crippen molar-refractivity contribution in [1.29, 1.82) is 0 Å². The molecule has 3 fully saturated rings. The van der Waals surface area contributed by atoms with Gasteiger partial charge in [0.15, 0.2) is 5.78 Å². The highest BCUT2D eigenvalue weighted by atomic mass is 35.5. The Bertz CT molecular complexity index is 2880. The van der Waals surface area contributed by atoms with E-state index < -0.39 is 29.2 Å². The number of Topliss-reactive ketones (excluding diaryl/α,β-unsaturated/α-hetero) is 1. The third-order valence-corrected chi connectivity index (χ3v) is 11.8. The highest BCUT2D eigenvalue weighted by Gasteiger charge is 2.46. The van der Waals surface area contributed by atoms with E-state index in [1.54, 1.807) is 36.4 Å². The van der Waals surface area contributed by atoms with Gasteiger partial charge in [-0.1, -0.05) is 53.5 Å². The quantitative estimate of drug-likeness (QED) is 0.0784. The molecule has 67 heavy (non-hydrogen) atoms. The van der Waals surface area contributed by atoms with Gasteiger partial charge in [-0.3, -0.25) is 19.4 Å². The zero-order valence-electron chi connectivity index (χ0n) is 35.2. The predicted octanol–water partition coefficient (Wildman–Crippen LogP) is 7.48. The van der Waals surface area contributed by atoms with E-state index in [0.717, 1.165) is 18.4 Å². The lowest BCUT2D eigenvalue weighted by molar-refractivity contribution is 0.0685. The van der Waals surface area contributed by atoms with Crippen LogP contribution in [0, 0.1) is 17.6 Å². The van der Waals surface area contributed by atoms with Crippen molar-refractivity contribution in [2.75, 3.05) is 36.0 Å². The van der Waals surface area contributed by atoms with E-state index in [1.165, 1.54) is 79.3 Å². The number of benzene rings is 3. The van der Waals surface area contributed by atoms with Crippen molar-refractivity contribution >= 4 is 64.4 Å². The molecule has 342 valence electrons. The Kier molecular flexibility index (Phi) is 13.4. The average Bonchev–Trinajstić information content (AvgIpc) is 4.07. The molecule has 3 aromatic heterocycles. The van der Waals surface area contributed by atoms with Crippen LogP contribution in [0.1, 0.15) is 75.9 Å². The van der Waals surface area contributed by atoms with E-state index in [4.69, 9.17) is 38.2 Å². The molecule has 0 spiro atoms. The first-order chi connectivity index (χ1) is 32.1. The summed E-state index contributed by atoms with van der Waals surface area (Å²) in [6, 6.07) is 24.0. The second-order valence-electron chi connectivity index (χ2n) is 16.1. The number of anilines is 2. The summed E-state index contributed by atoms with van der Waals surface area (Å²) < 4.78 is 32.6. The number of pyridine rings is 3. The summed E-state index contributed by atoms with van der Waals surface area (Å²) in [5.74, 6) is -2.81. The molecule has 9 rings (SSSR count). The van der Waals surface area contributed by atoms with Gasteiger partial charge in [-0.05, 0) is 79.1 Å². The van der Waals surface area contributed by atoms with Crippen molar-refractivity contribution in [2.45, 2.75) is 31.0 Å². The Balaban J connectivity index is 0.000000182. The molecular formula is C48H39Cl2F2N7O8. The normalized spacial score (nSPS) is 14.9. The third-order valence-electron chi connectivity index (χ3n) is 11.4. The van der Waals surface area contributed by atoms with Gasteiger partial charge >= 0.3 is 11.9 Å². The van der Waals surface area contributed by atoms with Crippen molar-refractivity contribution in [3.63, 3.8) is 0 Å². The van der Waals surface area contributed by atoms with Crippen LogP contribution in [0.5, 0.6) is 5.75 Å². The number of nitrogens with zero attached hydrogens (tertiary/aromatic N) is 5. The van der Waals surface area contributed by atoms with E-state index >= 15 is 0 Å². The summed E-state index contributed by atoms with van der Waals surface area (Å²) in [6.07, 6.45) is 5.43. The van der Waals surface area contributed by atoms with Crippen LogP contribution in [-0.4, -0.2) is 87.0 Å². The lowest BCUT2D eigenvalue weighted by atomic mass is 9.90. The van der Waals surface area contributed by atoms with E-state index in [-0.39, 0.29) is 47.2 Å². The second kappa shape index (κ2) is 19.5. The van der Waals surface area contributed by atoms with Crippen LogP contribution in [0.2, 0.25) is 10.0 Å². The number of ketones is 1. The van der Waals surface area contributed by atoms with Gasteiger partial charge < -0.3 is 35.4 Å². The Morgan fingerprint density at radius 2 is 1.25 bits per heavy atom. The number of hydrogen-bond donors (Lipinski definition) is 4. The smallest absolute Gasteiger partial charge is 0.337 e. The third kappa shape index (κ3) is 10.8. The summed E-state index contributed by atoms with van der Waals surface area (Å²) >= 11 is 12.2. The SMILES string of the molecule is O=C(O)c1ccc(C2(NC(=O)c3cc(Cl)cnc3N3CC(C(=O)c4cccc(F)c4)C3)CC2)cc1.O=C(O)c1ccc(CNC(=O)c2cc(Cl)cnc2N2CC(Oc3cccc(F)c3)C2)nc1. The number of amides is 2. The van der Waals surface area contributed by atoms with E-state index in [1.807, 2.05) is 9.80 Å². The second-order valence-corrected chi connectivity index (χ2v) is 16.9. The first-order valence-corrected chi connectivity index (χ1v) is 21.6. The number of ether oxygens (including phenoxy) is 1. The van der Waals surface area contributed by atoms with Crippen LogP contribution in [0.25, 0.3) is 0 Å². The summed E-state index contributed by atoms with van der Waals surface area (Å²) in [7, 11) is 0. The van der Waals surface area contributed by atoms with Crippen LogP contribution in [-0.2, 0) is 12.1 Å². The van der Waals surface area contributed by atoms with Gasteiger partial charge in [-0.2, -0.15) is 0 Å². The zero-order chi connectivity index (χ0) is 47.4. The molecule has 2 aliphatic heterocycles. The largest absolute Gasteiger partial charge is 0.487 e. The highest BCUT2D eigenvalue weighted by Crippen LogP contribution is 2.46. The molecular weight excluding hydrogens is 911 g/mol. The first kappa shape index (κ1) is 46.0. The number of aromatic carboxylic acids is 2. The zero-order valence-corrected chi connectivity index (χ0v) is 36.7. The molecule has 5 heterocycles. The van der Waals surface area contributed by atoms with Crippen molar-refractivity contribution in [3.8, 4) is 5.75 Å².